The van der Waals surface area contributed by atoms with Gasteiger partial charge >= 0.3 is 6.36 Å². The third-order valence-electron chi connectivity index (χ3n) is 2.70. The van der Waals surface area contributed by atoms with Gasteiger partial charge in [0.1, 0.15) is 5.75 Å². The molecule has 0 saturated heterocycles. The van der Waals surface area contributed by atoms with Crippen LogP contribution in [0.5, 0.6) is 5.75 Å². The first-order valence-corrected chi connectivity index (χ1v) is 6.70. The number of nitrogens with one attached hydrogen (secondary N) is 1. The first kappa shape index (κ1) is 16.6. The summed E-state index contributed by atoms with van der Waals surface area (Å²) >= 11 is 0. The predicted molar refractivity (Wildman–Crippen MR) is 74.6 cm³/mol. The van der Waals surface area contributed by atoms with Crippen molar-refractivity contribution in [2.24, 2.45) is 0 Å². The Morgan fingerprint density at radius 1 is 1.30 bits per heavy atom. The van der Waals surface area contributed by atoms with E-state index in [9.17, 15) is 13.2 Å². The van der Waals surface area contributed by atoms with Crippen LogP contribution >= 0.6 is 0 Å². The molecule has 0 atom stereocenters. The van der Waals surface area contributed by atoms with Gasteiger partial charge in [0.2, 0.25) is 0 Å². The highest BCUT2D eigenvalue weighted by molar-refractivity contribution is 5.55. The monoisotopic (exact) mass is 287 g/mol. The number of halogens is 3. The molecular formula is C15H20F3NO. The number of benzene rings is 1. The van der Waals surface area contributed by atoms with Crippen molar-refractivity contribution in [2.45, 2.75) is 33.1 Å². The van der Waals surface area contributed by atoms with E-state index in [4.69, 9.17) is 0 Å². The maximum atomic E-state index is 12.2. The van der Waals surface area contributed by atoms with Crippen LogP contribution in [0, 0.1) is 0 Å². The average molecular weight is 287 g/mol. The van der Waals surface area contributed by atoms with Crippen molar-refractivity contribution in [1.82, 2.24) is 5.32 Å². The van der Waals surface area contributed by atoms with Crippen molar-refractivity contribution in [3.63, 3.8) is 0 Å². The highest BCUT2D eigenvalue weighted by atomic mass is 19.4. The van der Waals surface area contributed by atoms with E-state index < -0.39 is 6.36 Å². The molecule has 0 aliphatic heterocycles. The Bertz CT molecular complexity index is 441. The molecule has 0 heterocycles. The second kappa shape index (κ2) is 7.94. The van der Waals surface area contributed by atoms with Gasteiger partial charge in [-0.3, -0.25) is 0 Å². The summed E-state index contributed by atoms with van der Waals surface area (Å²) in [6.45, 7) is 5.78. The molecule has 2 nitrogen and oxygen atoms in total. The normalized spacial score (nSPS) is 12.6. The molecule has 0 unspecified atom stereocenters. The van der Waals surface area contributed by atoms with E-state index in [0.29, 0.717) is 5.56 Å². The maximum Gasteiger partial charge on any atom is 0.573 e. The summed E-state index contributed by atoms with van der Waals surface area (Å²) in [5.74, 6) is -0.191. The predicted octanol–water partition coefficient (Wildman–Crippen LogP) is 4.38. The van der Waals surface area contributed by atoms with Gasteiger partial charge in [0.15, 0.2) is 0 Å². The van der Waals surface area contributed by atoms with E-state index in [0.717, 1.165) is 31.5 Å². The molecule has 0 saturated carbocycles. The van der Waals surface area contributed by atoms with Crippen LogP contribution in [-0.2, 0) is 0 Å². The van der Waals surface area contributed by atoms with E-state index in [1.165, 1.54) is 12.1 Å². The van der Waals surface area contributed by atoms with Gasteiger partial charge in [0.05, 0.1) is 0 Å². The lowest BCUT2D eigenvalue weighted by molar-refractivity contribution is -0.274. The van der Waals surface area contributed by atoms with Gasteiger partial charge in [0, 0.05) is 6.54 Å². The van der Waals surface area contributed by atoms with Gasteiger partial charge in [-0.15, -0.1) is 13.2 Å². The van der Waals surface area contributed by atoms with Gasteiger partial charge in [-0.1, -0.05) is 37.6 Å². The molecule has 0 spiro atoms. The average Bonchev–Trinajstić information content (AvgIpc) is 2.36. The Balaban J connectivity index is 2.76. The molecule has 112 valence electrons. The standard InChI is InChI=1S/C15H20F3NO/c1-3-8-19-11-12(4-2)9-13-6-5-7-14(10-13)20-15(16,17)18/h5-7,9-10,19H,3-4,8,11H2,1-2H3/b12-9+. The first-order valence-electron chi connectivity index (χ1n) is 6.70. The molecule has 0 bridgehead atoms. The second-order valence-electron chi connectivity index (χ2n) is 4.45. The highest BCUT2D eigenvalue weighted by Gasteiger charge is 2.30. The van der Waals surface area contributed by atoms with E-state index in [1.54, 1.807) is 12.1 Å². The summed E-state index contributed by atoms with van der Waals surface area (Å²) < 4.78 is 40.4. The number of hydrogen-bond donors (Lipinski definition) is 1. The lowest BCUT2D eigenvalue weighted by atomic mass is 10.1. The molecule has 0 aromatic heterocycles. The Hall–Kier alpha value is -1.49. The molecule has 20 heavy (non-hydrogen) atoms. The minimum absolute atomic E-state index is 0.191. The molecule has 1 aromatic carbocycles. The Morgan fingerprint density at radius 3 is 2.65 bits per heavy atom. The Morgan fingerprint density at radius 2 is 2.05 bits per heavy atom. The molecular weight excluding hydrogens is 267 g/mol. The lowest BCUT2D eigenvalue weighted by Crippen LogP contribution is -2.17. The molecule has 0 amide bonds. The van der Waals surface area contributed by atoms with Crippen LogP contribution in [0.3, 0.4) is 0 Å². The molecule has 0 aliphatic rings. The largest absolute Gasteiger partial charge is 0.573 e. The third-order valence-corrected chi connectivity index (χ3v) is 2.70. The van der Waals surface area contributed by atoms with Gasteiger partial charge in [-0.05, 0) is 37.1 Å². The molecule has 0 aliphatic carbocycles. The van der Waals surface area contributed by atoms with E-state index in [-0.39, 0.29) is 5.75 Å². The third kappa shape index (κ3) is 6.61. The van der Waals surface area contributed by atoms with Gasteiger partial charge < -0.3 is 10.1 Å². The van der Waals surface area contributed by atoms with Crippen LogP contribution in [0.1, 0.15) is 32.3 Å². The van der Waals surface area contributed by atoms with Crippen LogP contribution < -0.4 is 10.1 Å². The quantitative estimate of drug-likeness (QED) is 0.751. The summed E-state index contributed by atoms with van der Waals surface area (Å²) in [6.07, 6.45) is -0.864. The lowest BCUT2D eigenvalue weighted by Gasteiger charge is -2.10. The highest BCUT2D eigenvalue weighted by Crippen LogP contribution is 2.24. The maximum absolute atomic E-state index is 12.2. The van der Waals surface area contributed by atoms with Crippen molar-refractivity contribution in [1.29, 1.82) is 0 Å². The second-order valence-corrected chi connectivity index (χ2v) is 4.45. The fourth-order valence-corrected chi connectivity index (χ4v) is 1.74. The van der Waals surface area contributed by atoms with Crippen LogP contribution in [0.4, 0.5) is 13.2 Å². The van der Waals surface area contributed by atoms with E-state index in [2.05, 4.69) is 17.0 Å². The molecule has 1 N–H and O–H groups in total. The fraction of sp³-hybridized carbons (Fsp3) is 0.467. The summed E-state index contributed by atoms with van der Waals surface area (Å²) in [6, 6.07) is 6.01. The van der Waals surface area contributed by atoms with Gasteiger partial charge in [-0.2, -0.15) is 0 Å². The van der Waals surface area contributed by atoms with Crippen molar-refractivity contribution < 1.29 is 17.9 Å². The minimum Gasteiger partial charge on any atom is -0.406 e. The summed E-state index contributed by atoms with van der Waals surface area (Å²) in [5, 5.41) is 3.28. The van der Waals surface area contributed by atoms with Gasteiger partial charge in [-0.25, -0.2) is 0 Å². The van der Waals surface area contributed by atoms with Crippen LogP contribution in [-0.4, -0.2) is 19.5 Å². The van der Waals surface area contributed by atoms with Crippen LogP contribution in [0.25, 0.3) is 6.08 Å². The smallest absolute Gasteiger partial charge is 0.406 e. The minimum atomic E-state index is -4.65. The van der Waals surface area contributed by atoms with Gasteiger partial charge in [0.25, 0.3) is 0 Å². The number of rotatable bonds is 7. The van der Waals surface area contributed by atoms with E-state index >= 15 is 0 Å². The Labute approximate surface area is 117 Å². The molecule has 5 heteroatoms. The number of hydrogen-bond acceptors (Lipinski definition) is 2. The fourth-order valence-electron chi connectivity index (χ4n) is 1.74. The zero-order chi connectivity index (χ0) is 15.0. The van der Waals surface area contributed by atoms with Crippen molar-refractivity contribution >= 4 is 6.08 Å². The van der Waals surface area contributed by atoms with E-state index in [1.807, 2.05) is 13.0 Å². The summed E-state index contributed by atoms with van der Waals surface area (Å²) in [4.78, 5) is 0. The first-order chi connectivity index (χ1) is 9.44. The SMILES string of the molecule is CCCNC/C(=C/c1cccc(OC(F)(F)F)c1)CC. The molecule has 1 rings (SSSR count). The number of alkyl halides is 3. The van der Waals surface area contributed by atoms with Crippen molar-refractivity contribution in [2.75, 3.05) is 13.1 Å². The summed E-state index contributed by atoms with van der Waals surface area (Å²) in [5.41, 5.74) is 1.85. The summed E-state index contributed by atoms with van der Waals surface area (Å²) in [7, 11) is 0. The molecule has 0 radical (unpaired) electrons. The topological polar surface area (TPSA) is 21.3 Å². The number of ether oxygens (including phenoxy) is 1. The Kier molecular flexibility index (Phi) is 6.58. The zero-order valence-corrected chi connectivity index (χ0v) is 11.8. The van der Waals surface area contributed by atoms with Crippen LogP contribution in [0.2, 0.25) is 0 Å². The molecule has 0 fully saturated rings. The van der Waals surface area contributed by atoms with Crippen molar-refractivity contribution in [3.05, 3.63) is 35.4 Å². The van der Waals surface area contributed by atoms with Crippen molar-refractivity contribution in [3.8, 4) is 5.75 Å². The van der Waals surface area contributed by atoms with Crippen LogP contribution in [0.15, 0.2) is 29.8 Å². The molecule has 1 aromatic rings. The zero-order valence-electron chi connectivity index (χ0n) is 11.8.